The van der Waals surface area contributed by atoms with Crippen LogP contribution in [0.5, 0.6) is 0 Å². The lowest BCUT2D eigenvalue weighted by Gasteiger charge is -2.05. The van der Waals surface area contributed by atoms with E-state index in [9.17, 15) is 10.0 Å². The van der Waals surface area contributed by atoms with Crippen molar-refractivity contribution in [2.45, 2.75) is 0 Å². The molecule has 0 spiro atoms. The molecule has 3 rings (SSSR count). The van der Waals surface area contributed by atoms with E-state index >= 15 is 0 Å². The van der Waals surface area contributed by atoms with E-state index in [1.54, 1.807) is 11.3 Å². The third-order valence-electron chi connectivity index (χ3n) is 2.77. The molecule has 1 aromatic heterocycles. The van der Waals surface area contributed by atoms with Crippen LogP contribution in [-0.2, 0) is 0 Å². The maximum Gasteiger partial charge on any atom is 0.489 e. The maximum atomic E-state index is 9.36. The van der Waals surface area contributed by atoms with Crippen molar-refractivity contribution in [1.82, 2.24) is 0 Å². The maximum absolute atomic E-state index is 9.36. The van der Waals surface area contributed by atoms with Crippen molar-refractivity contribution in [3.63, 3.8) is 0 Å². The van der Waals surface area contributed by atoms with Crippen LogP contribution in [0.25, 0.3) is 20.9 Å². The van der Waals surface area contributed by atoms with Gasteiger partial charge in [-0.1, -0.05) is 30.3 Å². The summed E-state index contributed by atoms with van der Waals surface area (Å²) in [5.74, 6) is 0. The largest absolute Gasteiger partial charge is 0.489 e. The highest BCUT2D eigenvalue weighted by atomic mass is 32.1. The molecule has 0 amide bonds. The van der Waals surface area contributed by atoms with E-state index in [4.69, 9.17) is 0 Å². The first-order valence-corrected chi connectivity index (χ1v) is 5.90. The molecule has 0 bridgehead atoms. The highest BCUT2D eigenvalue weighted by Gasteiger charge is 2.17. The van der Waals surface area contributed by atoms with Crippen LogP contribution in [0.1, 0.15) is 0 Å². The molecule has 0 atom stereocenters. The van der Waals surface area contributed by atoms with Crippen LogP contribution in [0.3, 0.4) is 0 Å². The Kier molecular flexibility index (Phi) is 2.21. The van der Waals surface area contributed by atoms with Crippen LogP contribution in [-0.4, -0.2) is 17.2 Å². The van der Waals surface area contributed by atoms with Crippen molar-refractivity contribution in [3.05, 3.63) is 41.8 Å². The molecule has 2 aromatic carbocycles. The first-order chi connectivity index (χ1) is 7.77. The molecule has 0 saturated heterocycles. The van der Waals surface area contributed by atoms with Gasteiger partial charge in [0.15, 0.2) is 0 Å². The van der Waals surface area contributed by atoms with Gasteiger partial charge in [0.05, 0.1) is 0 Å². The van der Waals surface area contributed by atoms with Gasteiger partial charge in [-0.2, -0.15) is 0 Å². The van der Waals surface area contributed by atoms with Gasteiger partial charge in [-0.3, -0.25) is 0 Å². The fourth-order valence-electron chi connectivity index (χ4n) is 2.03. The summed E-state index contributed by atoms with van der Waals surface area (Å²) in [6.07, 6.45) is 0. The lowest BCUT2D eigenvalue weighted by Crippen LogP contribution is -2.30. The van der Waals surface area contributed by atoms with Gasteiger partial charge in [-0.25, -0.2) is 0 Å². The predicted octanol–water partition coefficient (Wildman–Crippen LogP) is 1.73. The van der Waals surface area contributed by atoms with Gasteiger partial charge in [0.2, 0.25) is 0 Å². The standard InChI is InChI=1S/C12H9BO2S/c14-13(15)11-7-8-3-1-2-4-9(8)12-10(11)5-6-16-12/h1-7,14-15H. The highest BCUT2D eigenvalue weighted by Crippen LogP contribution is 2.28. The Morgan fingerprint density at radius 2 is 1.81 bits per heavy atom. The number of hydrogen-bond donors (Lipinski definition) is 2. The smallest absolute Gasteiger partial charge is 0.423 e. The first kappa shape index (κ1) is 9.84. The summed E-state index contributed by atoms with van der Waals surface area (Å²) in [7, 11) is -1.42. The SMILES string of the molecule is OB(O)c1cc2ccccc2c2sccc12. The third-order valence-corrected chi connectivity index (χ3v) is 3.72. The van der Waals surface area contributed by atoms with Crippen LogP contribution in [0, 0.1) is 0 Å². The zero-order chi connectivity index (χ0) is 11.1. The molecule has 4 heteroatoms. The molecule has 16 heavy (non-hydrogen) atoms. The van der Waals surface area contributed by atoms with Crippen LogP contribution in [0.15, 0.2) is 41.8 Å². The molecule has 0 radical (unpaired) electrons. The Morgan fingerprint density at radius 3 is 2.62 bits per heavy atom. The molecule has 0 fully saturated rings. The summed E-state index contributed by atoms with van der Waals surface area (Å²) in [4.78, 5) is 0. The Bertz CT molecular complexity index is 660. The third kappa shape index (κ3) is 1.35. The zero-order valence-corrected chi connectivity index (χ0v) is 9.24. The van der Waals surface area contributed by atoms with E-state index in [2.05, 4.69) is 6.07 Å². The zero-order valence-electron chi connectivity index (χ0n) is 8.42. The summed E-state index contributed by atoms with van der Waals surface area (Å²) in [6, 6.07) is 11.8. The summed E-state index contributed by atoms with van der Waals surface area (Å²) >= 11 is 1.63. The fraction of sp³-hybridized carbons (Fsp3) is 0. The lowest BCUT2D eigenvalue weighted by molar-refractivity contribution is 0.426. The fourth-order valence-corrected chi connectivity index (χ4v) is 3.00. The molecule has 0 aliphatic heterocycles. The minimum Gasteiger partial charge on any atom is -0.423 e. The van der Waals surface area contributed by atoms with Gasteiger partial charge < -0.3 is 10.0 Å². The lowest BCUT2D eigenvalue weighted by atomic mass is 9.77. The molecule has 2 N–H and O–H groups in total. The van der Waals surface area contributed by atoms with E-state index in [-0.39, 0.29) is 0 Å². The van der Waals surface area contributed by atoms with Gasteiger partial charge in [0.25, 0.3) is 0 Å². The van der Waals surface area contributed by atoms with E-state index in [0.717, 1.165) is 20.9 Å². The average molecular weight is 228 g/mol. The van der Waals surface area contributed by atoms with Gasteiger partial charge in [0, 0.05) is 4.70 Å². The van der Waals surface area contributed by atoms with Crippen molar-refractivity contribution < 1.29 is 10.0 Å². The highest BCUT2D eigenvalue weighted by molar-refractivity contribution is 7.18. The second-order valence-electron chi connectivity index (χ2n) is 3.72. The Morgan fingerprint density at radius 1 is 1.00 bits per heavy atom. The number of hydrogen-bond acceptors (Lipinski definition) is 3. The second kappa shape index (κ2) is 3.59. The molecule has 3 aromatic rings. The van der Waals surface area contributed by atoms with Gasteiger partial charge in [-0.15, -0.1) is 11.3 Å². The first-order valence-electron chi connectivity index (χ1n) is 5.02. The summed E-state index contributed by atoms with van der Waals surface area (Å²) < 4.78 is 1.11. The van der Waals surface area contributed by atoms with Crippen molar-refractivity contribution >= 4 is 44.8 Å². The van der Waals surface area contributed by atoms with Crippen LogP contribution in [0.4, 0.5) is 0 Å². The second-order valence-corrected chi connectivity index (χ2v) is 4.64. The van der Waals surface area contributed by atoms with E-state index in [0.29, 0.717) is 5.46 Å². The molecule has 78 valence electrons. The van der Waals surface area contributed by atoms with E-state index in [1.165, 1.54) is 0 Å². The van der Waals surface area contributed by atoms with Crippen LogP contribution in [0.2, 0.25) is 0 Å². The normalized spacial score (nSPS) is 11.1. The monoisotopic (exact) mass is 228 g/mol. The topological polar surface area (TPSA) is 40.5 Å². The minimum absolute atomic E-state index is 0.579. The van der Waals surface area contributed by atoms with Crippen molar-refractivity contribution in [1.29, 1.82) is 0 Å². The molecule has 0 unspecified atom stereocenters. The minimum atomic E-state index is -1.42. The number of fused-ring (bicyclic) bond motifs is 3. The number of benzene rings is 2. The predicted molar refractivity (Wildman–Crippen MR) is 69.2 cm³/mol. The van der Waals surface area contributed by atoms with Crippen LogP contribution >= 0.6 is 11.3 Å². The summed E-state index contributed by atoms with van der Waals surface area (Å²) in [6.45, 7) is 0. The molecule has 0 aliphatic carbocycles. The molecular weight excluding hydrogens is 219 g/mol. The van der Waals surface area contributed by atoms with Gasteiger partial charge >= 0.3 is 7.12 Å². The van der Waals surface area contributed by atoms with Crippen molar-refractivity contribution in [2.75, 3.05) is 0 Å². The quantitative estimate of drug-likeness (QED) is 0.622. The summed E-state index contributed by atoms with van der Waals surface area (Å²) in [5.41, 5.74) is 0.579. The molecule has 0 saturated carbocycles. The van der Waals surface area contributed by atoms with Gasteiger partial charge in [-0.05, 0) is 33.1 Å². The van der Waals surface area contributed by atoms with Gasteiger partial charge in [0.1, 0.15) is 0 Å². The summed E-state index contributed by atoms with van der Waals surface area (Å²) in [5, 5.41) is 23.8. The Balaban J connectivity index is 2.53. The van der Waals surface area contributed by atoms with E-state index in [1.807, 2.05) is 35.7 Å². The number of rotatable bonds is 1. The number of thiophene rings is 1. The Hall–Kier alpha value is -1.36. The van der Waals surface area contributed by atoms with Crippen molar-refractivity contribution in [3.8, 4) is 0 Å². The van der Waals surface area contributed by atoms with E-state index < -0.39 is 7.12 Å². The molecule has 1 heterocycles. The molecular formula is C12H9BO2S. The molecule has 2 nitrogen and oxygen atoms in total. The van der Waals surface area contributed by atoms with Crippen molar-refractivity contribution in [2.24, 2.45) is 0 Å². The Labute approximate surface area is 96.9 Å². The average Bonchev–Trinajstić information content (AvgIpc) is 2.76. The van der Waals surface area contributed by atoms with Crippen LogP contribution < -0.4 is 5.46 Å². The molecule has 0 aliphatic rings.